The Morgan fingerprint density at radius 2 is 1.88 bits per heavy atom. The molecule has 2 aromatic carbocycles. The Balaban J connectivity index is 2.70. The lowest BCUT2D eigenvalue weighted by molar-refractivity contribution is 0.476. The van der Waals surface area contributed by atoms with Gasteiger partial charge < -0.3 is 5.11 Å². The van der Waals surface area contributed by atoms with Gasteiger partial charge in [-0.25, -0.2) is 4.39 Å². The van der Waals surface area contributed by atoms with Crippen LogP contribution in [0.15, 0.2) is 40.9 Å². The molecule has 0 bridgehead atoms. The fourth-order valence-electron chi connectivity index (χ4n) is 1.48. The van der Waals surface area contributed by atoms with Crippen LogP contribution in [0.2, 0.25) is 5.02 Å². The summed E-state index contributed by atoms with van der Waals surface area (Å²) in [4.78, 5) is 0. The maximum absolute atomic E-state index is 13.8. The van der Waals surface area contributed by atoms with E-state index in [0.29, 0.717) is 10.0 Å². The molecule has 1 nitrogen and oxygen atoms in total. The predicted molar refractivity (Wildman–Crippen MR) is 66.2 cm³/mol. The third-order valence-corrected chi connectivity index (χ3v) is 2.94. The second kappa shape index (κ2) is 4.44. The van der Waals surface area contributed by atoms with Crippen LogP contribution in [-0.4, -0.2) is 5.11 Å². The third kappa shape index (κ3) is 2.06. The van der Waals surface area contributed by atoms with Gasteiger partial charge >= 0.3 is 0 Å². The number of benzene rings is 2. The maximum atomic E-state index is 13.8. The van der Waals surface area contributed by atoms with Gasteiger partial charge in [0.05, 0.1) is 5.02 Å². The van der Waals surface area contributed by atoms with Gasteiger partial charge in [0, 0.05) is 15.6 Å². The Hall–Kier alpha value is -1.06. The minimum absolute atomic E-state index is 0.00521. The topological polar surface area (TPSA) is 20.2 Å². The highest BCUT2D eigenvalue weighted by Crippen LogP contribution is 2.37. The van der Waals surface area contributed by atoms with Crippen LogP contribution in [0.5, 0.6) is 5.75 Å². The lowest BCUT2D eigenvalue weighted by Crippen LogP contribution is -1.87. The first-order valence-electron chi connectivity index (χ1n) is 4.52. The van der Waals surface area contributed by atoms with Crippen LogP contribution >= 0.6 is 27.5 Å². The van der Waals surface area contributed by atoms with Gasteiger partial charge in [0.1, 0.15) is 11.6 Å². The summed E-state index contributed by atoms with van der Waals surface area (Å²) in [6.07, 6.45) is 0. The third-order valence-electron chi connectivity index (χ3n) is 2.18. The quantitative estimate of drug-likeness (QED) is 0.815. The van der Waals surface area contributed by atoms with Crippen molar-refractivity contribution in [3.8, 4) is 16.9 Å². The summed E-state index contributed by atoms with van der Waals surface area (Å²) in [5.41, 5.74) is 0.598. The zero-order valence-electron chi connectivity index (χ0n) is 8.05. The summed E-state index contributed by atoms with van der Waals surface area (Å²) in [5.74, 6) is -0.466. The average molecular weight is 302 g/mol. The van der Waals surface area contributed by atoms with Crippen molar-refractivity contribution in [2.24, 2.45) is 0 Å². The highest BCUT2D eigenvalue weighted by atomic mass is 79.9. The van der Waals surface area contributed by atoms with E-state index in [0.717, 1.165) is 0 Å². The first-order chi connectivity index (χ1) is 7.59. The van der Waals surface area contributed by atoms with E-state index in [1.54, 1.807) is 24.3 Å². The summed E-state index contributed by atoms with van der Waals surface area (Å²) >= 11 is 9.11. The average Bonchev–Trinajstić information content (AvgIpc) is 2.19. The molecule has 0 spiro atoms. The highest BCUT2D eigenvalue weighted by molar-refractivity contribution is 9.10. The van der Waals surface area contributed by atoms with E-state index < -0.39 is 5.82 Å². The molecule has 0 aliphatic heterocycles. The first kappa shape index (κ1) is 11.4. The zero-order valence-corrected chi connectivity index (χ0v) is 10.4. The molecule has 16 heavy (non-hydrogen) atoms. The molecule has 2 rings (SSSR count). The molecule has 0 atom stereocenters. The monoisotopic (exact) mass is 300 g/mol. The summed E-state index contributed by atoms with van der Waals surface area (Å²) in [7, 11) is 0. The Morgan fingerprint density at radius 1 is 1.19 bits per heavy atom. The fraction of sp³-hybridized carbons (Fsp3) is 0. The molecule has 1 N–H and O–H groups in total. The van der Waals surface area contributed by atoms with Crippen LogP contribution in [-0.2, 0) is 0 Å². The van der Waals surface area contributed by atoms with Crippen molar-refractivity contribution in [3.63, 3.8) is 0 Å². The van der Waals surface area contributed by atoms with Crippen molar-refractivity contribution >= 4 is 27.5 Å². The van der Waals surface area contributed by atoms with Crippen LogP contribution in [0.3, 0.4) is 0 Å². The number of aromatic hydroxyl groups is 1. The van der Waals surface area contributed by atoms with Crippen molar-refractivity contribution in [2.75, 3.05) is 0 Å². The molecule has 0 aliphatic rings. The molecular weight excluding hydrogens is 294 g/mol. The van der Waals surface area contributed by atoms with E-state index in [4.69, 9.17) is 11.6 Å². The Kier molecular flexibility index (Phi) is 3.17. The van der Waals surface area contributed by atoms with Gasteiger partial charge in [-0.1, -0.05) is 45.7 Å². The molecule has 4 heteroatoms. The number of hydrogen-bond donors (Lipinski definition) is 1. The molecule has 0 aromatic heterocycles. The Labute approximate surface area is 106 Å². The number of halogens is 3. The van der Waals surface area contributed by atoms with Gasteiger partial charge in [-0.05, 0) is 18.2 Å². The molecule has 0 amide bonds. The van der Waals surface area contributed by atoms with Crippen molar-refractivity contribution < 1.29 is 9.50 Å². The smallest absolute Gasteiger partial charge is 0.133 e. The molecule has 0 unspecified atom stereocenters. The lowest BCUT2D eigenvalue weighted by atomic mass is 10.0. The standard InChI is InChI=1S/C12H7BrClFO/c13-7-5-9(14)12(10(15)6-7)8-3-1-2-4-11(8)16/h1-6,16H. The maximum Gasteiger partial charge on any atom is 0.133 e. The van der Waals surface area contributed by atoms with Gasteiger partial charge in [-0.2, -0.15) is 0 Å². The molecule has 0 fully saturated rings. The van der Waals surface area contributed by atoms with Gasteiger partial charge in [-0.15, -0.1) is 0 Å². The molecular formula is C12H7BrClFO. The summed E-state index contributed by atoms with van der Waals surface area (Å²) in [6.45, 7) is 0. The van der Waals surface area contributed by atoms with Gasteiger partial charge in [0.25, 0.3) is 0 Å². The highest BCUT2D eigenvalue weighted by Gasteiger charge is 2.13. The van der Waals surface area contributed by atoms with E-state index in [1.165, 1.54) is 12.1 Å². The number of phenols is 1. The largest absolute Gasteiger partial charge is 0.507 e. The molecule has 0 aliphatic carbocycles. The van der Waals surface area contributed by atoms with E-state index in [-0.39, 0.29) is 16.3 Å². The summed E-state index contributed by atoms with van der Waals surface area (Å²) in [5, 5.41) is 9.90. The molecule has 0 radical (unpaired) electrons. The van der Waals surface area contributed by atoms with Gasteiger partial charge in [-0.3, -0.25) is 0 Å². The van der Waals surface area contributed by atoms with Crippen molar-refractivity contribution in [1.29, 1.82) is 0 Å². The number of rotatable bonds is 1. The van der Waals surface area contributed by atoms with E-state index in [1.807, 2.05) is 0 Å². The second-order valence-corrected chi connectivity index (χ2v) is 4.58. The van der Waals surface area contributed by atoms with Gasteiger partial charge in [0.15, 0.2) is 0 Å². The minimum Gasteiger partial charge on any atom is -0.507 e. The van der Waals surface area contributed by atoms with E-state index in [2.05, 4.69) is 15.9 Å². The van der Waals surface area contributed by atoms with Crippen LogP contribution < -0.4 is 0 Å². The molecule has 82 valence electrons. The van der Waals surface area contributed by atoms with Crippen molar-refractivity contribution in [2.45, 2.75) is 0 Å². The molecule has 0 saturated carbocycles. The predicted octanol–water partition coefficient (Wildman–Crippen LogP) is 4.61. The molecule has 0 saturated heterocycles. The summed E-state index contributed by atoms with van der Waals surface area (Å²) in [6, 6.07) is 9.40. The summed E-state index contributed by atoms with van der Waals surface area (Å²) < 4.78 is 14.3. The normalized spacial score (nSPS) is 10.4. The number of phenolic OH excluding ortho intramolecular Hbond substituents is 1. The van der Waals surface area contributed by atoms with Crippen molar-refractivity contribution in [1.82, 2.24) is 0 Å². The van der Waals surface area contributed by atoms with Crippen LogP contribution in [0.25, 0.3) is 11.1 Å². The van der Waals surface area contributed by atoms with E-state index >= 15 is 0 Å². The van der Waals surface area contributed by atoms with Crippen LogP contribution in [0.1, 0.15) is 0 Å². The minimum atomic E-state index is -0.471. The number of para-hydroxylation sites is 1. The zero-order chi connectivity index (χ0) is 11.7. The Morgan fingerprint density at radius 3 is 2.50 bits per heavy atom. The SMILES string of the molecule is Oc1ccccc1-c1c(F)cc(Br)cc1Cl. The first-order valence-corrected chi connectivity index (χ1v) is 5.69. The van der Waals surface area contributed by atoms with Crippen LogP contribution in [0, 0.1) is 5.82 Å². The Bertz CT molecular complexity index is 519. The molecule has 0 heterocycles. The second-order valence-electron chi connectivity index (χ2n) is 3.26. The van der Waals surface area contributed by atoms with E-state index in [9.17, 15) is 9.50 Å². The fourth-order valence-corrected chi connectivity index (χ4v) is 2.36. The molecule has 2 aromatic rings. The van der Waals surface area contributed by atoms with Gasteiger partial charge in [0.2, 0.25) is 0 Å². The van der Waals surface area contributed by atoms with Crippen LogP contribution in [0.4, 0.5) is 4.39 Å². The van der Waals surface area contributed by atoms with Crippen molar-refractivity contribution in [3.05, 3.63) is 51.7 Å². The number of hydrogen-bond acceptors (Lipinski definition) is 1. The lowest BCUT2D eigenvalue weighted by Gasteiger charge is -2.08.